The molecule has 2 aromatic rings. The van der Waals surface area contributed by atoms with Gasteiger partial charge in [-0.1, -0.05) is 12.1 Å². The van der Waals surface area contributed by atoms with Gasteiger partial charge in [0.15, 0.2) is 17.4 Å². The number of hydrogen-bond acceptors (Lipinski definition) is 2. The van der Waals surface area contributed by atoms with Crippen molar-refractivity contribution in [2.45, 2.75) is 19.4 Å². The number of hydrogen-bond donors (Lipinski definition) is 1. The van der Waals surface area contributed by atoms with Crippen molar-refractivity contribution in [2.24, 2.45) is 5.73 Å². The van der Waals surface area contributed by atoms with Crippen LogP contribution in [0.5, 0.6) is 11.5 Å². The van der Waals surface area contributed by atoms with Crippen molar-refractivity contribution in [1.29, 1.82) is 0 Å². The predicted molar refractivity (Wildman–Crippen MR) is 82.9 cm³/mol. The van der Waals surface area contributed by atoms with Crippen molar-refractivity contribution >= 4 is 22.6 Å². The van der Waals surface area contributed by atoms with Gasteiger partial charge in [0.2, 0.25) is 0 Å². The number of rotatable bonds is 4. The Morgan fingerprint density at radius 1 is 1.20 bits per heavy atom. The van der Waals surface area contributed by atoms with Gasteiger partial charge in [-0.05, 0) is 65.8 Å². The lowest BCUT2D eigenvalue weighted by Crippen LogP contribution is -2.18. The molecule has 0 bridgehead atoms. The molecule has 0 fully saturated rings. The molecule has 0 aliphatic carbocycles. The highest BCUT2D eigenvalue weighted by molar-refractivity contribution is 14.1. The Bertz CT molecular complexity index is 594. The minimum atomic E-state index is -0.722. The molecule has 0 radical (unpaired) electrons. The molecule has 0 heterocycles. The van der Waals surface area contributed by atoms with Crippen LogP contribution in [0.2, 0.25) is 0 Å². The van der Waals surface area contributed by atoms with Crippen molar-refractivity contribution in [3.63, 3.8) is 0 Å². The Balaban J connectivity index is 2.31. The van der Waals surface area contributed by atoms with Crippen LogP contribution in [0.1, 0.15) is 12.5 Å². The molecule has 0 saturated carbocycles. The van der Waals surface area contributed by atoms with E-state index in [0.29, 0.717) is 17.7 Å². The second kappa shape index (κ2) is 6.49. The van der Waals surface area contributed by atoms with Gasteiger partial charge in [-0.3, -0.25) is 0 Å². The van der Waals surface area contributed by atoms with E-state index < -0.39 is 11.6 Å². The van der Waals surface area contributed by atoms with Crippen LogP contribution >= 0.6 is 22.6 Å². The molecule has 2 N–H and O–H groups in total. The molecule has 20 heavy (non-hydrogen) atoms. The Morgan fingerprint density at radius 3 is 2.35 bits per heavy atom. The molecule has 0 aliphatic heterocycles. The quantitative estimate of drug-likeness (QED) is 0.794. The maximum Gasteiger partial charge on any atom is 0.198 e. The molecule has 5 heteroatoms. The average Bonchev–Trinajstić information content (AvgIpc) is 2.35. The third kappa shape index (κ3) is 3.67. The second-order valence-corrected chi connectivity index (χ2v) is 5.76. The Morgan fingerprint density at radius 2 is 1.80 bits per heavy atom. The number of benzene rings is 2. The summed E-state index contributed by atoms with van der Waals surface area (Å²) in [5.41, 5.74) is 6.15. The van der Waals surface area contributed by atoms with Crippen LogP contribution in [-0.4, -0.2) is 6.04 Å². The Hall–Kier alpha value is -1.21. The first-order chi connectivity index (χ1) is 9.47. The Kier molecular flexibility index (Phi) is 4.93. The largest absolute Gasteiger partial charge is 0.450 e. The highest BCUT2D eigenvalue weighted by Crippen LogP contribution is 2.31. The van der Waals surface area contributed by atoms with Gasteiger partial charge in [-0.15, -0.1) is 0 Å². The van der Waals surface area contributed by atoms with E-state index in [1.807, 2.05) is 28.7 Å². The van der Waals surface area contributed by atoms with E-state index in [0.717, 1.165) is 3.57 Å². The van der Waals surface area contributed by atoms with Crippen molar-refractivity contribution in [3.8, 4) is 11.5 Å². The summed E-state index contributed by atoms with van der Waals surface area (Å²) in [6.45, 7) is 1.78. The zero-order valence-corrected chi connectivity index (χ0v) is 13.0. The minimum absolute atomic E-state index is 0.157. The first-order valence-electron chi connectivity index (χ1n) is 6.13. The van der Waals surface area contributed by atoms with E-state index >= 15 is 0 Å². The monoisotopic (exact) mass is 389 g/mol. The lowest BCUT2D eigenvalue weighted by Gasteiger charge is -2.12. The molecule has 2 nitrogen and oxygen atoms in total. The van der Waals surface area contributed by atoms with Gasteiger partial charge in [0.1, 0.15) is 5.75 Å². The summed E-state index contributed by atoms with van der Waals surface area (Å²) in [5, 5.41) is 0. The first kappa shape index (κ1) is 15.2. The molecular weight excluding hydrogens is 375 g/mol. The fraction of sp³-hybridized carbons (Fsp3) is 0.200. The van der Waals surface area contributed by atoms with E-state index in [2.05, 4.69) is 0 Å². The van der Waals surface area contributed by atoms with Crippen LogP contribution in [-0.2, 0) is 6.42 Å². The standard InChI is InChI=1S/C15H14F2INO/c1-9(19)6-10-7-11(16)15(12(17)8-10)20-14-5-3-2-4-13(14)18/h2-5,7-9H,6,19H2,1H3. The zero-order chi connectivity index (χ0) is 14.7. The third-order valence-electron chi connectivity index (χ3n) is 2.66. The van der Waals surface area contributed by atoms with Gasteiger partial charge in [0.05, 0.1) is 3.57 Å². The van der Waals surface area contributed by atoms with Crippen LogP contribution in [0, 0.1) is 15.2 Å². The van der Waals surface area contributed by atoms with Crippen LogP contribution in [0.15, 0.2) is 36.4 Å². The van der Waals surface area contributed by atoms with Gasteiger partial charge in [0.25, 0.3) is 0 Å². The zero-order valence-electron chi connectivity index (χ0n) is 10.9. The maximum absolute atomic E-state index is 14.0. The summed E-state index contributed by atoms with van der Waals surface area (Å²) >= 11 is 2.05. The summed E-state index contributed by atoms with van der Waals surface area (Å²) < 4.78 is 34.1. The van der Waals surface area contributed by atoms with E-state index in [9.17, 15) is 8.78 Å². The second-order valence-electron chi connectivity index (χ2n) is 4.60. The van der Waals surface area contributed by atoms with Crippen molar-refractivity contribution in [1.82, 2.24) is 0 Å². The van der Waals surface area contributed by atoms with Gasteiger partial charge in [0, 0.05) is 6.04 Å². The molecule has 0 aromatic heterocycles. The number of para-hydroxylation sites is 1. The molecule has 1 unspecified atom stereocenters. The fourth-order valence-corrected chi connectivity index (χ4v) is 2.33. The number of halogens is 3. The minimum Gasteiger partial charge on any atom is -0.450 e. The Labute approximate surface area is 130 Å². The molecule has 1 atom stereocenters. The van der Waals surface area contributed by atoms with E-state index in [-0.39, 0.29) is 11.8 Å². The summed E-state index contributed by atoms with van der Waals surface area (Å²) in [4.78, 5) is 0. The number of ether oxygens (including phenoxy) is 1. The lowest BCUT2D eigenvalue weighted by molar-refractivity contribution is 0.404. The molecule has 0 amide bonds. The van der Waals surface area contributed by atoms with Crippen molar-refractivity contribution in [3.05, 3.63) is 57.2 Å². The van der Waals surface area contributed by atoms with Crippen LogP contribution in [0.3, 0.4) is 0 Å². The molecular formula is C15H14F2INO. The third-order valence-corrected chi connectivity index (χ3v) is 3.56. The molecule has 0 spiro atoms. The average molecular weight is 389 g/mol. The van der Waals surface area contributed by atoms with Gasteiger partial charge >= 0.3 is 0 Å². The maximum atomic E-state index is 14.0. The number of nitrogens with two attached hydrogens (primary N) is 1. The van der Waals surface area contributed by atoms with Crippen LogP contribution < -0.4 is 10.5 Å². The summed E-state index contributed by atoms with van der Waals surface area (Å²) in [6.07, 6.45) is 0.414. The first-order valence-corrected chi connectivity index (χ1v) is 7.21. The smallest absolute Gasteiger partial charge is 0.198 e. The van der Waals surface area contributed by atoms with Gasteiger partial charge < -0.3 is 10.5 Å². The normalized spacial score (nSPS) is 12.2. The van der Waals surface area contributed by atoms with Crippen molar-refractivity contribution in [2.75, 3.05) is 0 Å². The molecule has 0 aliphatic rings. The van der Waals surface area contributed by atoms with Gasteiger partial charge in [-0.25, -0.2) is 8.78 Å². The summed E-state index contributed by atoms with van der Waals surface area (Å²) in [7, 11) is 0. The molecule has 106 valence electrons. The van der Waals surface area contributed by atoms with E-state index in [1.165, 1.54) is 12.1 Å². The summed E-state index contributed by atoms with van der Waals surface area (Å²) in [5.74, 6) is -1.41. The van der Waals surface area contributed by atoms with E-state index in [4.69, 9.17) is 10.5 Å². The predicted octanol–water partition coefficient (Wildman–Crippen LogP) is 4.25. The lowest BCUT2D eigenvalue weighted by atomic mass is 10.1. The van der Waals surface area contributed by atoms with Crippen molar-refractivity contribution < 1.29 is 13.5 Å². The molecule has 2 aromatic carbocycles. The highest BCUT2D eigenvalue weighted by atomic mass is 127. The highest BCUT2D eigenvalue weighted by Gasteiger charge is 2.15. The van der Waals surface area contributed by atoms with Crippen LogP contribution in [0.25, 0.3) is 0 Å². The van der Waals surface area contributed by atoms with Gasteiger partial charge in [-0.2, -0.15) is 0 Å². The fourth-order valence-electron chi connectivity index (χ4n) is 1.84. The molecule has 0 saturated heterocycles. The van der Waals surface area contributed by atoms with Crippen LogP contribution in [0.4, 0.5) is 8.78 Å². The van der Waals surface area contributed by atoms with E-state index in [1.54, 1.807) is 25.1 Å². The summed E-state index contributed by atoms with van der Waals surface area (Å²) in [6, 6.07) is 9.41. The SMILES string of the molecule is CC(N)Cc1cc(F)c(Oc2ccccc2I)c(F)c1. The topological polar surface area (TPSA) is 35.2 Å². The molecule has 2 rings (SSSR count).